The second kappa shape index (κ2) is 10.7. The molecule has 14 heavy (non-hydrogen) atoms. The molecule has 0 unspecified atom stereocenters. The van der Waals surface area contributed by atoms with E-state index >= 15 is 0 Å². The van der Waals surface area contributed by atoms with Crippen molar-refractivity contribution in [2.45, 2.75) is 64.6 Å². The Balaban J connectivity index is 2.99. The SMILES string of the molecule is CCCCCCCCCC=CC(O)O. The third kappa shape index (κ3) is 11.7. The summed E-state index contributed by atoms with van der Waals surface area (Å²) in [6, 6.07) is 0. The predicted molar refractivity (Wildman–Crippen MR) is 60.0 cm³/mol. The molecule has 0 bridgehead atoms. The molecule has 0 atom stereocenters. The van der Waals surface area contributed by atoms with E-state index in [-0.39, 0.29) is 0 Å². The molecular formula is C12H24O2. The Morgan fingerprint density at radius 1 is 0.929 bits per heavy atom. The Kier molecular flexibility index (Phi) is 10.5. The predicted octanol–water partition coefficient (Wildman–Crippen LogP) is 2.99. The van der Waals surface area contributed by atoms with Gasteiger partial charge in [-0.1, -0.05) is 51.5 Å². The topological polar surface area (TPSA) is 40.5 Å². The first-order valence-electron chi connectivity index (χ1n) is 5.80. The van der Waals surface area contributed by atoms with Crippen LogP contribution < -0.4 is 0 Å². The van der Waals surface area contributed by atoms with Gasteiger partial charge in [-0.25, -0.2) is 0 Å². The van der Waals surface area contributed by atoms with Gasteiger partial charge in [-0.3, -0.25) is 0 Å². The van der Waals surface area contributed by atoms with Gasteiger partial charge in [-0.05, 0) is 18.9 Å². The van der Waals surface area contributed by atoms with Crippen LogP contribution in [0.15, 0.2) is 12.2 Å². The molecule has 0 saturated carbocycles. The Bertz CT molecular complexity index is 130. The summed E-state index contributed by atoms with van der Waals surface area (Å²) in [6.07, 6.45) is 12.1. The van der Waals surface area contributed by atoms with Crippen molar-refractivity contribution >= 4 is 0 Å². The van der Waals surface area contributed by atoms with Crippen LogP contribution in [0, 0.1) is 0 Å². The highest BCUT2D eigenvalue weighted by molar-refractivity contribution is 4.82. The van der Waals surface area contributed by atoms with E-state index in [1.54, 1.807) is 0 Å². The fourth-order valence-corrected chi connectivity index (χ4v) is 1.44. The average Bonchev–Trinajstić information content (AvgIpc) is 2.15. The van der Waals surface area contributed by atoms with Crippen molar-refractivity contribution in [2.24, 2.45) is 0 Å². The summed E-state index contributed by atoms with van der Waals surface area (Å²) in [5, 5.41) is 17.0. The average molecular weight is 200 g/mol. The minimum absolute atomic E-state index is 0.964. The van der Waals surface area contributed by atoms with E-state index in [1.807, 2.05) is 6.08 Å². The van der Waals surface area contributed by atoms with Gasteiger partial charge in [0, 0.05) is 0 Å². The minimum Gasteiger partial charge on any atom is -0.365 e. The largest absolute Gasteiger partial charge is 0.365 e. The molecule has 0 heterocycles. The molecule has 0 aliphatic rings. The smallest absolute Gasteiger partial charge is 0.171 e. The molecule has 0 saturated heterocycles. The Labute approximate surface area is 87.7 Å². The molecule has 84 valence electrons. The van der Waals surface area contributed by atoms with Crippen LogP contribution >= 0.6 is 0 Å². The number of hydrogen-bond acceptors (Lipinski definition) is 2. The minimum atomic E-state index is -1.28. The van der Waals surface area contributed by atoms with Crippen LogP contribution in [-0.2, 0) is 0 Å². The molecule has 0 aliphatic heterocycles. The lowest BCUT2D eigenvalue weighted by molar-refractivity contribution is 0.00216. The molecule has 0 aromatic rings. The van der Waals surface area contributed by atoms with Gasteiger partial charge in [0.1, 0.15) is 0 Å². The first kappa shape index (κ1) is 13.7. The van der Waals surface area contributed by atoms with Crippen LogP contribution in [0.4, 0.5) is 0 Å². The zero-order valence-corrected chi connectivity index (χ0v) is 9.28. The molecule has 2 N–H and O–H groups in total. The molecule has 0 aliphatic carbocycles. The van der Waals surface area contributed by atoms with Crippen LogP contribution in [-0.4, -0.2) is 16.5 Å². The number of allylic oxidation sites excluding steroid dienone is 1. The first-order valence-corrected chi connectivity index (χ1v) is 5.80. The first-order chi connectivity index (χ1) is 6.77. The molecular weight excluding hydrogens is 176 g/mol. The summed E-state index contributed by atoms with van der Waals surface area (Å²) in [7, 11) is 0. The van der Waals surface area contributed by atoms with Crippen molar-refractivity contribution in [2.75, 3.05) is 0 Å². The lowest BCUT2D eigenvalue weighted by Crippen LogP contribution is -1.96. The van der Waals surface area contributed by atoms with E-state index in [4.69, 9.17) is 10.2 Å². The second-order valence-electron chi connectivity index (χ2n) is 3.75. The summed E-state index contributed by atoms with van der Waals surface area (Å²) >= 11 is 0. The highest BCUT2D eigenvalue weighted by Crippen LogP contribution is 2.08. The molecule has 2 heteroatoms. The Morgan fingerprint density at radius 2 is 1.50 bits per heavy atom. The van der Waals surface area contributed by atoms with E-state index < -0.39 is 6.29 Å². The Morgan fingerprint density at radius 3 is 2.07 bits per heavy atom. The number of unbranched alkanes of at least 4 members (excludes halogenated alkanes) is 7. The van der Waals surface area contributed by atoms with E-state index in [9.17, 15) is 0 Å². The second-order valence-corrected chi connectivity index (χ2v) is 3.75. The third-order valence-corrected chi connectivity index (χ3v) is 2.28. The van der Waals surface area contributed by atoms with Crippen LogP contribution in [0.3, 0.4) is 0 Å². The van der Waals surface area contributed by atoms with E-state index in [0.717, 1.165) is 12.8 Å². The monoisotopic (exact) mass is 200 g/mol. The van der Waals surface area contributed by atoms with Crippen molar-refractivity contribution in [3.8, 4) is 0 Å². The molecule has 0 aromatic heterocycles. The molecule has 0 amide bonds. The third-order valence-electron chi connectivity index (χ3n) is 2.28. The number of aliphatic hydroxyl groups excluding tert-OH is 1. The Hall–Kier alpha value is -0.340. The summed E-state index contributed by atoms with van der Waals surface area (Å²) in [5.41, 5.74) is 0. The quantitative estimate of drug-likeness (QED) is 0.341. The van der Waals surface area contributed by atoms with E-state index in [1.165, 1.54) is 44.6 Å². The summed E-state index contributed by atoms with van der Waals surface area (Å²) in [5.74, 6) is 0. The summed E-state index contributed by atoms with van der Waals surface area (Å²) in [6.45, 7) is 2.23. The lowest BCUT2D eigenvalue weighted by atomic mass is 10.1. The van der Waals surface area contributed by atoms with Crippen LogP contribution in [0.25, 0.3) is 0 Å². The van der Waals surface area contributed by atoms with Gasteiger partial charge in [-0.15, -0.1) is 0 Å². The van der Waals surface area contributed by atoms with Gasteiger partial charge >= 0.3 is 0 Å². The molecule has 0 spiro atoms. The van der Waals surface area contributed by atoms with Gasteiger partial charge in [0.25, 0.3) is 0 Å². The van der Waals surface area contributed by atoms with Gasteiger partial charge in [0.15, 0.2) is 6.29 Å². The molecule has 0 radical (unpaired) electrons. The highest BCUT2D eigenvalue weighted by atomic mass is 16.5. The van der Waals surface area contributed by atoms with Crippen molar-refractivity contribution in [1.82, 2.24) is 0 Å². The van der Waals surface area contributed by atoms with Gasteiger partial charge in [0.05, 0.1) is 0 Å². The number of hydrogen-bond donors (Lipinski definition) is 2. The fourth-order valence-electron chi connectivity index (χ4n) is 1.44. The lowest BCUT2D eigenvalue weighted by Gasteiger charge is -1.99. The number of rotatable bonds is 9. The van der Waals surface area contributed by atoms with Crippen molar-refractivity contribution in [1.29, 1.82) is 0 Å². The van der Waals surface area contributed by atoms with Crippen molar-refractivity contribution < 1.29 is 10.2 Å². The molecule has 0 rings (SSSR count). The maximum atomic E-state index is 8.52. The van der Waals surface area contributed by atoms with Crippen LogP contribution in [0.5, 0.6) is 0 Å². The fraction of sp³-hybridized carbons (Fsp3) is 0.833. The zero-order chi connectivity index (χ0) is 10.6. The van der Waals surface area contributed by atoms with Crippen LogP contribution in [0.2, 0.25) is 0 Å². The van der Waals surface area contributed by atoms with Crippen molar-refractivity contribution in [3.63, 3.8) is 0 Å². The van der Waals surface area contributed by atoms with E-state index in [0.29, 0.717) is 0 Å². The van der Waals surface area contributed by atoms with E-state index in [2.05, 4.69) is 6.92 Å². The van der Waals surface area contributed by atoms with Gasteiger partial charge < -0.3 is 10.2 Å². The summed E-state index contributed by atoms with van der Waals surface area (Å²) < 4.78 is 0. The molecule has 0 fully saturated rings. The standard InChI is InChI=1S/C12H24O2/c1-2-3-4-5-6-7-8-9-10-11-12(13)14/h10-14H,2-9H2,1H3. The van der Waals surface area contributed by atoms with Gasteiger partial charge in [-0.2, -0.15) is 0 Å². The van der Waals surface area contributed by atoms with Gasteiger partial charge in [0.2, 0.25) is 0 Å². The summed E-state index contributed by atoms with van der Waals surface area (Å²) in [4.78, 5) is 0. The zero-order valence-electron chi connectivity index (χ0n) is 9.28. The normalized spacial score (nSPS) is 11.7. The highest BCUT2D eigenvalue weighted by Gasteiger charge is 1.90. The molecule has 2 nitrogen and oxygen atoms in total. The number of aliphatic hydroxyl groups is 2. The maximum Gasteiger partial charge on any atom is 0.171 e. The molecule has 0 aromatic carbocycles. The maximum absolute atomic E-state index is 8.52. The van der Waals surface area contributed by atoms with Crippen LogP contribution in [0.1, 0.15) is 58.3 Å². The van der Waals surface area contributed by atoms with Crippen molar-refractivity contribution in [3.05, 3.63) is 12.2 Å².